The first-order valence-corrected chi connectivity index (χ1v) is 10.5. The minimum absolute atomic E-state index is 0.0158. The van der Waals surface area contributed by atoms with Crippen LogP contribution in [0.15, 0.2) is 42.0 Å². The number of benzene rings is 1. The van der Waals surface area contributed by atoms with Crippen LogP contribution in [0.3, 0.4) is 0 Å². The highest BCUT2D eigenvalue weighted by molar-refractivity contribution is 5.97. The van der Waals surface area contributed by atoms with Crippen molar-refractivity contribution in [3.8, 4) is 11.3 Å². The highest BCUT2D eigenvalue weighted by Gasteiger charge is 2.35. The highest BCUT2D eigenvalue weighted by atomic mass is 16.2. The zero-order valence-corrected chi connectivity index (χ0v) is 18.4. The first kappa shape index (κ1) is 20.6. The average Bonchev–Trinajstić information content (AvgIpc) is 3.01. The van der Waals surface area contributed by atoms with Crippen molar-refractivity contribution in [2.45, 2.75) is 73.1 Å². The number of rotatable bonds is 3. The fraction of sp³-hybridized carbons (Fsp3) is 0.520. The Kier molecular flexibility index (Phi) is 5.65. The van der Waals surface area contributed by atoms with Crippen LogP contribution >= 0.6 is 0 Å². The molecule has 0 N–H and O–H groups in total. The lowest BCUT2D eigenvalue weighted by Crippen LogP contribution is -2.18. The van der Waals surface area contributed by atoms with Crippen LogP contribution in [0.1, 0.15) is 89.2 Å². The summed E-state index contributed by atoms with van der Waals surface area (Å²) in [5.74, 6) is 1.32. The van der Waals surface area contributed by atoms with Crippen molar-refractivity contribution in [3.05, 3.63) is 53.2 Å². The Hall–Kier alpha value is -2.16. The number of aromatic nitrogens is 2. The molecule has 1 heterocycles. The third-order valence-corrected chi connectivity index (χ3v) is 5.74. The summed E-state index contributed by atoms with van der Waals surface area (Å²) >= 11 is 0. The van der Waals surface area contributed by atoms with Crippen molar-refractivity contribution in [2.24, 2.45) is 11.3 Å². The Morgan fingerprint density at radius 3 is 2.39 bits per heavy atom. The van der Waals surface area contributed by atoms with Gasteiger partial charge < -0.3 is 0 Å². The molecule has 0 spiro atoms. The highest BCUT2D eigenvalue weighted by Crippen LogP contribution is 2.46. The van der Waals surface area contributed by atoms with Crippen molar-refractivity contribution >= 4 is 5.91 Å². The molecule has 0 aliphatic heterocycles. The molecule has 1 aliphatic rings. The van der Waals surface area contributed by atoms with E-state index in [1.54, 1.807) is 4.68 Å². The van der Waals surface area contributed by atoms with E-state index in [-0.39, 0.29) is 11.3 Å². The van der Waals surface area contributed by atoms with Crippen LogP contribution in [-0.4, -0.2) is 15.7 Å². The fourth-order valence-electron chi connectivity index (χ4n) is 4.47. The molecular weight excluding hydrogens is 344 g/mol. The molecule has 1 aliphatic carbocycles. The smallest absolute Gasteiger partial charge is 0.267 e. The van der Waals surface area contributed by atoms with E-state index in [2.05, 4.69) is 53.7 Å². The lowest BCUT2D eigenvalue weighted by Gasteiger charge is -2.28. The maximum absolute atomic E-state index is 13.4. The summed E-state index contributed by atoms with van der Waals surface area (Å²) in [6.07, 6.45) is 4.34. The molecule has 0 saturated heterocycles. The number of hydrogen-bond acceptors (Lipinski definition) is 2. The molecule has 0 radical (unpaired) electrons. The monoisotopic (exact) mass is 378 g/mol. The van der Waals surface area contributed by atoms with Crippen molar-refractivity contribution in [1.29, 1.82) is 0 Å². The Bertz CT molecular complexity index is 881. The van der Waals surface area contributed by atoms with Gasteiger partial charge in [0.15, 0.2) is 0 Å². The van der Waals surface area contributed by atoms with Gasteiger partial charge in [-0.3, -0.25) is 4.79 Å². The Labute approximate surface area is 169 Å². The van der Waals surface area contributed by atoms with E-state index in [0.717, 1.165) is 35.4 Å². The van der Waals surface area contributed by atoms with Crippen LogP contribution in [0.25, 0.3) is 11.3 Å². The Morgan fingerprint density at radius 1 is 1.18 bits per heavy atom. The van der Waals surface area contributed by atoms with Gasteiger partial charge in [0.25, 0.3) is 5.91 Å². The first-order valence-electron chi connectivity index (χ1n) is 10.5. The molecule has 3 rings (SSSR count). The van der Waals surface area contributed by atoms with E-state index in [4.69, 9.17) is 5.10 Å². The molecule has 28 heavy (non-hydrogen) atoms. The molecule has 1 aromatic heterocycles. The number of allylic oxidation sites excluding steroid dienone is 2. The topological polar surface area (TPSA) is 34.9 Å². The zero-order chi connectivity index (χ0) is 20.6. The van der Waals surface area contributed by atoms with Gasteiger partial charge in [-0.25, -0.2) is 0 Å². The quantitative estimate of drug-likeness (QED) is 0.549. The van der Waals surface area contributed by atoms with Crippen LogP contribution in [-0.2, 0) is 0 Å². The summed E-state index contributed by atoms with van der Waals surface area (Å²) in [5.41, 5.74) is 5.16. The van der Waals surface area contributed by atoms with E-state index in [1.807, 2.05) is 31.2 Å². The summed E-state index contributed by atoms with van der Waals surface area (Å²) in [6.45, 7) is 15.1. The van der Waals surface area contributed by atoms with Gasteiger partial charge in [0.1, 0.15) is 0 Å². The average molecular weight is 379 g/mol. The summed E-state index contributed by atoms with van der Waals surface area (Å²) in [6, 6.07) is 10.3. The van der Waals surface area contributed by atoms with E-state index >= 15 is 0 Å². The molecule has 1 aromatic carbocycles. The fourth-order valence-corrected chi connectivity index (χ4v) is 4.47. The number of hydrogen-bond donors (Lipinski definition) is 0. The van der Waals surface area contributed by atoms with Crippen LogP contribution in [0.5, 0.6) is 0 Å². The molecule has 0 unspecified atom stereocenters. The van der Waals surface area contributed by atoms with Gasteiger partial charge in [-0.2, -0.15) is 9.78 Å². The second-order valence-corrected chi connectivity index (χ2v) is 9.75. The zero-order valence-electron chi connectivity index (χ0n) is 18.4. The first-order chi connectivity index (χ1) is 13.1. The van der Waals surface area contributed by atoms with Crippen LogP contribution in [0.2, 0.25) is 0 Å². The molecular formula is C25H34N2O. The van der Waals surface area contributed by atoms with E-state index in [0.29, 0.717) is 17.8 Å². The second kappa shape index (κ2) is 7.69. The maximum Gasteiger partial charge on any atom is 0.274 e. The predicted octanol–water partition coefficient (Wildman–Crippen LogP) is 6.82. The van der Waals surface area contributed by atoms with Crippen molar-refractivity contribution in [2.75, 3.05) is 0 Å². The SMILES string of the molecule is C/C(=C/C(C)(C)C)C(=O)n1nc2c(c1-c1ccccc1)[C@H](C)CC[C@H]2C(C)C. The molecule has 0 bridgehead atoms. The molecule has 0 fully saturated rings. The maximum atomic E-state index is 13.4. The van der Waals surface area contributed by atoms with Gasteiger partial charge >= 0.3 is 0 Å². The lowest BCUT2D eigenvalue weighted by atomic mass is 9.75. The molecule has 0 amide bonds. The number of nitrogens with zero attached hydrogens (tertiary/aromatic N) is 2. The van der Waals surface area contributed by atoms with Gasteiger partial charge in [0.2, 0.25) is 0 Å². The molecule has 3 heteroatoms. The summed E-state index contributed by atoms with van der Waals surface area (Å²) in [4.78, 5) is 13.4. The molecule has 0 saturated carbocycles. The summed E-state index contributed by atoms with van der Waals surface area (Å²) < 4.78 is 1.69. The van der Waals surface area contributed by atoms with Crippen LogP contribution in [0.4, 0.5) is 0 Å². The van der Waals surface area contributed by atoms with Crippen molar-refractivity contribution < 1.29 is 4.79 Å². The number of carbonyl (C=O) groups is 1. The van der Waals surface area contributed by atoms with Gasteiger partial charge in [0, 0.05) is 22.6 Å². The predicted molar refractivity (Wildman–Crippen MR) is 117 cm³/mol. The van der Waals surface area contributed by atoms with Gasteiger partial charge in [-0.05, 0) is 37.0 Å². The molecule has 3 nitrogen and oxygen atoms in total. The van der Waals surface area contributed by atoms with Crippen LogP contribution in [0, 0.1) is 11.3 Å². The molecule has 2 aromatic rings. The third kappa shape index (κ3) is 3.99. The minimum Gasteiger partial charge on any atom is -0.267 e. The van der Waals surface area contributed by atoms with E-state index in [1.165, 1.54) is 5.56 Å². The largest absolute Gasteiger partial charge is 0.274 e. The van der Waals surface area contributed by atoms with Gasteiger partial charge in [-0.1, -0.05) is 78.0 Å². The number of carbonyl (C=O) groups excluding carboxylic acids is 1. The van der Waals surface area contributed by atoms with Crippen LogP contribution < -0.4 is 0 Å². The van der Waals surface area contributed by atoms with Gasteiger partial charge in [0.05, 0.1) is 11.4 Å². The second-order valence-electron chi connectivity index (χ2n) is 9.75. The Morgan fingerprint density at radius 2 is 1.82 bits per heavy atom. The lowest BCUT2D eigenvalue weighted by molar-refractivity contribution is 0.0939. The van der Waals surface area contributed by atoms with Crippen molar-refractivity contribution in [1.82, 2.24) is 9.78 Å². The molecule has 150 valence electrons. The minimum atomic E-state index is -0.0484. The standard InChI is InChI=1S/C25H34N2O/c1-16(2)20-14-13-17(3)21-22(20)26-27(23(21)19-11-9-8-10-12-19)24(28)18(4)15-25(5,6)7/h8-12,15-17,20H,13-14H2,1-7H3/b18-15-/t17-,20+/m1/s1. The molecule has 2 atom stereocenters. The normalized spacial score (nSPS) is 20.4. The van der Waals surface area contributed by atoms with E-state index in [9.17, 15) is 4.79 Å². The van der Waals surface area contributed by atoms with Crippen molar-refractivity contribution in [3.63, 3.8) is 0 Å². The van der Waals surface area contributed by atoms with E-state index < -0.39 is 0 Å². The summed E-state index contributed by atoms with van der Waals surface area (Å²) in [5, 5.41) is 4.96. The number of fused-ring (bicyclic) bond motifs is 1. The van der Waals surface area contributed by atoms with Gasteiger partial charge in [-0.15, -0.1) is 0 Å². The third-order valence-electron chi connectivity index (χ3n) is 5.74. The summed E-state index contributed by atoms with van der Waals surface area (Å²) in [7, 11) is 0. The Balaban J connectivity index is 2.24.